The van der Waals surface area contributed by atoms with E-state index in [1.54, 1.807) is 0 Å². The molecule has 0 bridgehead atoms. The third kappa shape index (κ3) is 16.4. The number of nitrogens with one attached hydrogen (secondary N) is 1. The third-order valence-electron chi connectivity index (χ3n) is 3.33. The summed E-state index contributed by atoms with van der Waals surface area (Å²) in [6, 6.07) is 17.1. The maximum atomic E-state index is 3.30. The molecule has 1 nitrogen and oxygen atoms in total. The van der Waals surface area contributed by atoms with Gasteiger partial charge in [-0.15, -0.1) is 11.8 Å². The van der Waals surface area contributed by atoms with Gasteiger partial charge in [-0.05, 0) is 47.9 Å². The summed E-state index contributed by atoms with van der Waals surface area (Å²) in [5, 5.41) is 3.30. The van der Waals surface area contributed by atoms with Gasteiger partial charge in [-0.3, -0.25) is 0 Å². The molecule has 2 heterocycles. The summed E-state index contributed by atoms with van der Waals surface area (Å²) >= 11 is 1.97. The largest absolute Gasteiger partial charge is 0.384 e. The van der Waals surface area contributed by atoms with Crippen molar-refractivity contribution in [1.29, 1.82) is 0 Å². The lowest BCUT2D eigenvalue weighted by molar-refractivity contribution is 0.736. The number of rotatable bonds is 0. The second-order valence-electron chi connectivity index (χ2n) is 8.00. The highest BCUT2D eigenvalue weighted by Gasteiger charge is 2.08. The van der Waals surface area contributed by atoms with Gasteiger partial charge in [0.25, 0.3) is 0 Å². The number of anilines is 1. The van der Waals surface area contributed by atoms with Crippen LogP contribution in [0.3, 0.4) is 0 Å². The zero-order chi connectivity index (χ0) is 23.4. The maximum absolute atomic E-state index is 3.30. The lowest BCUT2D eigenvalue weighted by Gasteiger charge is -1.94. The van der Waals surface area contributed by atoms with Crippen molar-refractivity contribution in [3.63, 3.8) is 0 Å². The zero-order valence-corrected chi connectivity index (χ0v) is 22.3. The van der Waals surface area contributed by atoms with Gasteiger partial charge >= 0.3 is 0 Å². The van der Waals surface area contributed by atoms with Crippen LogP contribution >= 0.6 is 11.8 Å². The molecule has 4 rings (SSSR count). The molecule has 2 heteroatoms. The fraction of sp³-hybridized carbons (Fsp3) is 0.571. The molecule has 0 aliphatic carbocycles. The Morgan fingerprint density at radius 1 is 0.667 bits per heavy atom. The average molecular weight is 432 g/mol. The van der Waals surface area contributed by atoms with E-state index in [1.807, 2.05) is 39.5 Å². The molecule has 1 N–H and O–H groups in total. The van der Waals surface area contributed by atoms with Crippen LogP contribution in [0.4, 0.5) is 5.69 Å². The molecule has 0 saturated carbocycles. The van der Waals surface area contributed by atoms with Crippen LogP contribution in [0.5, 0.6) is 0 Å². The van der Waals surface area contributed by atoms with E-state index in [2.05, 4.69) is 95.4 Å². The fourth-order valence-corrected chi connectivity index (χ4v) is 3.44. The topological polar surface area (TPSA) is 12.0 Å². The van der Waals surface area contributed by atoms with Crippen LogP contribution in [0, 0.1) is 11.8 Å². The van der Waals surface area contributed by atoms with Gasteiger partial charge in [-0.2, -0.15) is 0 Å². The second kappa shape index (κ2) is 20.8. The van der Waals surface area contributed by atoms with Gasteiger partial charge in [-0.1, -0.05) is 106 Å². The molecule has 172 valence electrons. The standard InChI is InChI=1S/C8H9N.C8H8S.2C4H10.2C2H6/c2*1-2-4-8-7(3-1)5-6-9-8;2*1-4(2)3;2*1-2/h1-4,9H,5-6H2;1-4H,5-6H2;2*4H,1-3H3;2*1-2H3. The SMILES string of the molecule is CC.CC.CC(C)C.CC(C)C.c1ccc2c(c1)CCN2.c1ccc2c(c1)CCS2. The Morgan fingerprint density at radius 2 is 1.13 bits per heavy atom. The first-order valence-corrected chi connectivity index (χ1v) is 12.9. The summed E-state index contributed by atoms with van der Waals surface area (Å²) in [7, 11) is 0. The van der Waals surface area contributed by atoms with Crippen LogP contribution in [0.25, 0.3) is 0 Å². The van der Waals surface area contributed by atoms with E-state index >= 15 is 0 Å². The molecule has 2 aromatic rings. The highest BCUT2D eigenvalue weighted by Crippen LogP contribution is 2.30. The molecule has 0 saturated heterocycles. The fourth-order valence-electron chi connectivity index (χ4n) is 2.36. The van der Waals surface area contributed by atoms with Crippen molar-refractivity contribution < 1.29 is 0 Å². The monoisotopic (exact) mass is 431 g/mol. The Balaban J connectivity index is 0. The smallest absolute Gasteiger partial charge is 0.0373 e. The molecule has 0 spiro atoms. The van der Waals surface area contributed by atoms with Crippen molar-refractivity contribution in [2.45, 2.75) is 87.0 Å². The van der Waals surface area contributed by atoms with Crippen molar-refractivity contribution in [3.05, 3.63) is 59.7 Å². The van der Waals surface area contributed by atoms with Gasteiger partial charge < -0.3 is 5.32 Å². The van der Waals surface area contributed by atoms with Gasteiger partial charge in [0.05, 0.1) is 0 Å². The molecule has 0 unspecified atom stereocenters. The predicted molar refractivity (Wildman–Crippen MR) is 143 cm³/mol. The highest BCUT2D eigenvalue weighted by atomic mass is 32.2. The number of para-hydroxylation sites is 1. The number of benzene rings is 2. The number of fused-ring (bicyclic) bond motifs is 2. The summed E-state index contributed by atoms with van der Waals surface area (Å²) in [5.74, 6) is 2.94. The second-order valence-corrected chi connectivity index (χ2v) is 9.14. The van der Waals surface area contributed by atoms with E-state index in [9.17, 15) is 0 Å². The lowest BCUT2D eigenvalue weighted by Crippen LogP contribution is -1.90. The van der Waals surface area contributed by atoms with Crippen molar-refractivity contribution in [2.24, 2.45) is 11.8 Å². The van der Waals surface area contributed by atoms with Crippen molar-refractivity contribution in [1.82, 2.24) is 0 Å². The van der Waals surface area contributed by atoms with Crippen LogP contribution in [-0.2, 0) is 12.8 Å². The van der Waals surface area contributed by atoms with Gasteiger partial charge in [0, 0.05) is 22.9 Å². The number of thioether (sulfide) groups is 1. The first-order valence-electron chi connectivity index (χ1n) is 11.9. The first kappa shape index (κ1) is 30.8. The van der Waals surface area contributed by atoms with E-state index in [4.69, 9.17) is 0 Å². The minimum absolute atomic E-state index is 0.833. The van der Waals surface area contributed by atoms with Crippen molar-refractivity contribution >= 4 is 17.4 Å². The first-order chi connectivity index (χ1) is 14.4. The molecule has 2 aliphatic rings. The van der Waals surface area contributed by atoms with Crippen LogP contribution in [-0.4, -0.2) is 12.3 Å². The van der Waals surface area contributed by atoms with E-state index in [0.717, 1.165) is 18.4 Å². The Kier molecular flexibility index (Phi) is 21.4. The van der Waals surface area contributed by atoms with E-state index in [0.29, 0.717) is 0 Å². The molecule has 2 aromatic carbocycles. The van der Waals surface area contributed by atoms with Crippen LogP contribution in [0.2, 0.25) is 0 Å². The highest BCUT2D eigenvalue weighted by molar-refractivity contribution is 7.99. The molecule has 0 radical (unpaired) electrons. The quantitative estimate of drug-likeness (QED) is 0.446. The Bertz CT molecular complexity index is 513. The van der Waals surface area contributed by atoms with Gasteiger partial charge in [-0.25, -0.2) is 0 Å². The lowest BCUT2D eigenvalue weighted by atomic mass is 10.2. The molecule has 30 heavy (non-hydrogen) atoms. The van der Waals surface area contributed by atoms with E-state index < -0.39 is 0 Å². The summed E-state index contributed by atoms with van der Waals surface area (Å²) in [6.07, 6.45) is 2.46. The molecule has 0 aromatic heterocycles. The predicted octanol–water partition coefficient (Wildman–Crippen LogP) is 9.37. The van der Waals surface area contributed by atoms with Crippen LogP contribution < -0.4 is 5.32 Å². The minimum Gasteiger partial charge on any atom is -0.384 e. The normalized spacial score (nSPS) is 11.9. The average Bonchev–Trinajstić information content (AvgIpc) is 3.40. The van der Waals surface area contributed by atoms with Gasteiger partial charge in [0.2, 0.25) is 0 Å². The number of aryl methyl sites for hydroxylation is 1. The van der Waals surface area contributed by atoms with Gasteiger partial charge in [0.15, 0.2) is 0 Å². The Labute approximate surface area is 193 Å². The summed E-state index contributed by atoms with van der Waals surface area (Å²) in [6.45, 7) is 22.1. The van der Waals surface area contributed by atoms with Crippen molar-refractivity contribution in [3.8, 4) is 0 Å². The molecule has 0 atom stereocenters. The Hall–Kier alpha value is -1.41. The molecule has 2 aliphatic heterocycles. The van der Waals surface area contributed by atoms with Crippen molar-refractivity contribution in [2.75, 3.05) is 17.6 Å². The minimum atomic E-state index is 0.833. The summed E-state index contributed by atoms with van der Waals surface area (Å²) in [4.78, 5) is 1.48. The summed E-state index contributed by atoms with van der Waals surface area (Å²) in [5.41, 5.74) is 4.30. The third-order valence-corrected chi connectivity index (χ3v) is 4.45. The van der Waals surface area contributed by atoms with Crippen LogP contribution in [0.1, 0.15) is 80.4 Å². The number of hydrogen-bond acceptors (Lipinski definition) is 2. The van der Waals surface area contributed by atoms with Gasteiger partial charge in [0.1, 0.15) is 0 Å². The van der Waals surface area contributed by atoms with E-state index in [-0.39, 0.29) is 0 Å². The molecular weight excluding hydrogens is 382 g/mol. The molecular formula is C28H49NS. The number of hydrogen-bond donors (Lipinski definition) is 1. The molecule has 0 fully saturated rings. The molecule has 0 amide bonds. The zero-order valence-electron chi connectivity index (χ0n) is 21.5. The summed E-state index contributed by atoms with van der Waals surface area (Å²) < 4.78 is 0. The Morgan fingerprint density at radius 3 is 1.63 bits per heavy atom. The maximum Gasteiger partial charge on any atom is 0.0373 e. The van der Waals surface area contributed by atoms with E-state index in [1.165, 1.54) is 40.3 Å². The van der Waals surface area contributed by atoms with Crippen LogP contribution in [0.15, 0.2) is 53.4 Å².